The van der Waals surface area contributed by atoms with Crippen LogP contribution in [-0.4, -0.2) is 17.2 Å². The third-order valence-electron chi connectivity index (χ3n) is 9.99. The van der Waals surface area contributed by atoms with E-state index in [1.165, 1.54) is 148 Å². The Hall–Kier alpha value is -1.42. The average molecular weight is 645 g/mol. The van der Waals surface area contributed by atoms with E-state index in [1.807, 2.05) is 6.92 Å². The first-order chi connectivity index (χ1) is 22.4. The predicted octanol–water partition coefficient (Wildman–Crippen LogP) is 12.6. The van der Waals surface area contributed by atoms with E-state index in [9.17, 15) is 9.59 Å². The normalized spacial score (nSPS) is 13.9. The molecule has 0 spiro atoms. The van der Waals surface area contributed by atoms with E-state index in [4.69, 9.17) is 11.5 Å². The number of primary amides is 1. The van der Waals surface area contributed by atoms with Gasteiger partial charge in [-0.2, -0.15) is 0 Å². The van der Waals surface area contributed by atoms with Gasteiger partial charge in [0.2, 0.25) is 5.91 Å². The average Bonchev–Trinajstić information content (AvgIpc) is 3.05. The van der Waals surface area contributed by atoms with Crippen LogP contribution in [0.3, 0.4) is 0 Å². The number of carbonyl (C=O) groups excluding carboxylic acids is 2. The van der Waals surface area contributed by atoms with Gasteiger partial charge in [0.25, 0.3) is 0 Å². The first kappa shape index (κ1) is 44.6. The number of amides is 1. The molecule has 0 aliphatic carbocycles. The lowest BCUT2D eigenvalue weighted by Gasteiger charge is -2.33. The maximum Gasteiger partial charge on any atom is 0.238 e. The molecule has 0 aromatic rings. The van der Waals surface area contributed by atoms with Gasteiger partial charge in [0, 0.05) is 12.3 Å². The van der Waals surface area contributed by atoms with Crippen LogP contribution < -0.4 is 11.5 Å². The van der Waals surface area contributed by atoms with Crippen molar-refractivity contribution in [1.82, 2.24) is 0 Å². The van der Waals surface area contributed by atoms with Crippen LogP contribution >= 0.6 is 0 Å². The molecule has 0 bridgehead atoms. The Morgan fingerprint density at radius 3 is 1.17 bits per heavy atom. The first-order valence-electron chi connectivity index (χ1n) is 20.3. The molecule has 0 saturated carbocycles. The fourth-order valence-electron chi connectivity index (χ4n) is 6.62. The predicted molar refractivity (Wildman–Crippen MR) is 203 cm³/mol. The largest absolute Gasteiger partial charge is 0.368 e. The molecular formula is C42H80N2O2. The molecule has 4 heteroatoms. The molecule has 0 aliphatic rings. The summed E-state index contributed by atoms with van der Waals surface area (Å²) in [5.41, 5.74) is 11.0. The Labute approximate surface area is 287 Å². The first-order valence-corrected chi connectivity index (χ1v) is 20.3. The maximum absolute atomic E-state index is 13.3. The molecule has 4 N–H and O–H groups in total. The second-order valence-electron chi connectivity index (χ2n) is 14.2. The van der Waals surface area contributed by atoms with E-state index < -0.39 is 17.4 Å². The van der Waals surface area contributed by atoms with Gasteiger partial charge in [-0.25, -0.2) is 0 Å². The lowest BCUT2D eigenvalue weighted by atomic mass is 9.75. The number of hydrogen-bond acceptors (Lipinski definition) is 3. The number of carbonyl (C=O) groups is 2. The Morgan fingerprint density at radius 2 is 0.826 bits per heavy atom. The lowest BCUT2D eigenvalue weighted by Crippen LogP contribution is -2.59. The topological polar surface area (TPSA) is 86.2 Å². The summed E-state index contributed by atoms with van der Waals surface area (Å²) in [5.74, 6) is -0.834. The Kier molecular flexibility index (Phi) is 32.4. The van der Waals surface area contributed by atoms with Crippen LogP contribution in [0.1, 0.15) is 220 Å². The summed E-state index contributed by atoms with van der Waals surface area (Å²) in [7, 11) is 0. The van der Waals surface area contributed by atoms with Gasteiger partial charge in [0.05, 0.1) is 0 Å². The highest BCUT2D eigenvalue weighted by atomic mass is 16.2. The van der Waals surface area contributed by atoms with Crippen molar-refractivity contribution in [3.05, 3.63) is 24.3 Å². The molecule has 0 rings (SSSR count). The van der Waals surface area contributed by atoms with Crippen LogP contribution in [0.5, 0.6) is 0 Å². The highest BCUT2D eigenvalue weighted by molar-refractivity contribution is 5.93. The van der Waals surface area contributed by atoms with E-state index in [0.717, 1.165) is 32.1 Å². The molecule has 0 aliphatic heterocycles. The van der Waals surface area contributed by atoms with Gasteiger partial charge >= 0.3 is 0 Å². The number of hydrogen-bond donors (Lipinski definition) is 2. The van der Waals surface area contributed by atoms with Gasteiger partial charge < -0.3 is 11.5 Å². The molecule has 46 heavy (non-hydrogen) atoms. The SMILES string of the molecule is CCCCCCCC/C=C\CCCCCCCCCC(C(=O)CCCCCCC/C=C\CCCCCCCC)C(N)(CC)C(N)=O. The Balaban J connectivity index is 4.06. The smallest absolute Gasteiger partial charge is 0.238 e. The van der Waals surface area contributed by atoms with Crippen LogP contribution in [-0.2, 0) is 9.59 Å². The highest BCUT2D eigenvalue weighted by Crippen LogP contribution is 2.28. The zero-order valence-electron chi connectivity index (χ0n) is 31.3. The zero-order chi connectivity index (χ0) is 34.0. The molecule has 0 fully saturated rings. The van der Waals surface area contributed by atoms with Crippen LogP contribution in [0.2, 0.25) is 0 Å². The number of rotatable bonds is 36. The highest BCUT2D eigenvalue weighted by Gasteiger charge is 2.42. The number of unbranched alkanes of at least 4 members (excludes halogenated alkanes) is 24. The van der Waals surface area contributed by atoms with Crippen molar-refractivity contribution < 1.29 is 9.59 Å². The summed E-state index contributed by atoms with van der Waals surface area (Å²) in [5, 5.41) is 0. The summed E-state index contributed by atoms with van der Waals surface area (Å²) in [6, 6.07) is 0. The van der Waals surface area contributed by atoms with E-state index in [0.29, 0.717) is 19.3 Å². The van der Waals surface area contributed by atoms with Crippen molar-refractivity contribution in [2.45, 2.75) is 225 Å². The molecule has 4 nitrogen and oxygen atoms in total. The van der Waals surface area contributed by atoms with Crippen LogP contribution in [0.4, 0.5) is 0 Å². The van der Waals surface area contributed by atoms with Crippen LogP contribution in [0, 0.1) is 5.92 Å². The number of ketones is 1. The standard InChI is InChI=1S/C42H80N2O2/c1-4-7-9-11-13-15-17-19-21-22-24-25-27-29-31-33-35-37-39(42(44,6-3)41(43)46)40(45)38-36-34-32-30-28-26-23-20-18-16-14-12-10-8-5-2/h19-21,23,39H,4-18,22,24-38,44H2,1-3H3,(H2,43,46)/b21-19-,23-20-. The molecule has 0 radical (unpaired) electrons. The van der Waals surface area contributed by atoms with E-state index >= 15 is 0 Å². The minimum atomic E-state index is -1.22. The van der Waals surface area contributed by atoms with E-state index in [1.54, 1.807) is 0 Å². The minimum absolute atomic E-state index is 0.144. The maximum atomic E-state index is 13.3. The van der Waals surface area contributed by atoms with Gasteiger partial charge in [-0.1, -0.05) is 167 Å². The molecule has 2 atom stereocenters. The van der Waals surface area contributed by atoms with Gasteiger partial charge in [0.15, 0.2) is 0 Å². The second kappa shape index (κ2) is 33.5. The van der Waals surface area contributed by atoms with Gasteiger partial charge in [-0.15, -0.1) is 0 Å². The number of Topliss-reactive ketones (excluding diaryl/α,β-unsaturated/α-hetero) is 1. The summed E-state index contributed by atoms with van der Waals surface area (Å²) in [6.07, 6.45) is 46.2. The summed E-state index contributed by atoms with van der Waals surface area (Å²) >= 11 is 0. The number of allylic oxidation sites excluding steroid dienone is 4. The van der Waals surface area contributed by atoms with Crippen molar-refractivity contribution in [1.29, 1.82) is 0 Å². The van der Waals surface area contributed by atoms with Crippen LogP contribution in [0.25, 0.3) is 0 Å². The molecule has 0 saturated heterocycles. The van der Waals surface area contributed by atoms with Crippen molar-refractivity contribution in [2.24, 2.45) is 17.4 Å². The molecule has 1 amide bonds. The van der Waals surface area contributed by atoms with Gasteiger partial charge in [-0.3, -0.25) is 9.59 Å². The van der Waals surface area contributed by atoms with Gasteiger partial charge in [-0.05, 0) is 70.6 Å². The monoisotopic (exact) mass is 645 g/mol. The fraction of sp³-hybridized carbons (Fsp3) is 0.857. The van der Waals surface area contributed by atoms with E-state index in [2.05, 4.69) is 38.2 Å². The minimum Gasteiger partial charge on any atom is -0.368 e. The lowest BCUT2D eigenvalue weighted by molar-refractivity contribution is -0.134. The van der Waals surface area contributed by atoms with E-state index in [-0.39, 0.29) is 5.78 Å². The van der Waals surface area contributed by atoms with Crippen molar-refractivity contribution in [3.8, 4) is 0 Å². The molecular weight excluding hydrogens is 564 g/mol. The van der Waals surface area contributed by atoms with Crippen molar-refractivity contribution >= 4 is 11.7 Å². The molecule has 0 heterocycles. The zero-order valence-corrected chi connectivity index (χ0v) is 31.3. The Morgan fingerprint density at radius 1 is 0.500 bits per heavy atom. The Bertz CT molecular complexity index is 746. The summed E-state index contributed by atoms with van der Waals surface area (Å²) in [4.78, 5) is 25.6. The van der Waals surface area contributed by atoms with Crippen molar-refractivity contribution in [3.63, 3.8) is 0 Å². The second-order valence-corrected chi connectivity index (χ2v) is 14.2. The fourth-order valence-corrected chi connectivity index (χ4v) is 6.62. The number of nitrogens with two attached hydrogens (primary N) is 2. The third kappa shape index (κ3) is 25.6. The van der Waals surface area contributed by atoms with Crippen molar-refractivity contribution in [2.75, 3.05) is 0 Å². The van der Waals surface area contributed by atoms with Gasteiger partial charge in [0.1, 0.15) is 11.3 Å². The summed E-state index contributed by atoms with van der Waals surface area (Å²) in [6.45, 7) is 6.43. The quantitative estimate of drug-likeness (QED) is 0.0525. The molecule has 0 aromatic carbocycles. The summed E-state index contributed by atoms with van der Waals surface area (Å²) < 4.78 is 0. The molecule has 2 unspecified atom stereocenters. The molecule has 0 aromatic heterocycles. The van der Waals surface area contributed by atoms with Crippen LogP contribution in [0.15, 0.2) is 24.3 Å². The molecule has 270 valence electrons. The third-order valence-corrected chi connectivity index (χ3v) is 9.99.